The van der Waals surface area contributed by atoms with E-state index >= 15 is 0 Å². The fourth-order valence-corrected chi connectivity index (χ4v) is 1.49. The van der Waals surface area contributed by atoms with Crippen LogP contribution in [0.3, 0.4) is 0 Å². The minimum Gasteiger partial charge on any atom is -0.481 e. The highest BCUT2D eigenvalue weighted by Gasteiger charge is 2.27. The van der Waals surface area contributed by atoms with Crippen LogP contribution in [0.25, 0.3) is 0 Å². The number of nitrogens with one attached hydrogen (secondary N) is 1. The number of aliphatic carboxylic acids is 1. The molecule has 1 rings (SSSR count). The lowest BCUT2D eigenvalue weighted by Gasteiger charge is -2.19. The van der Waals surface area contributed by atoms with E-state index in [9.17, 15) is 4.79 Å². The van der Waals surface area contributed by atoms with Gasteiger partial charge in [-0.25, -0.2) is 0 Å². The van der Waals surface area contributed by atoms with Crippen LogP contribution < -0.4 is 5.32 Å². The van der Waals surface area contributed by atoms with Crippen LogP contribution in [0.15, 0.2) is 18.5 Å². The molecule has 1 heterocycles. The molecular formula is C12H20N2O2. The highest BCUT2D eigenvalue weighted by molar-refractivity contribution is 5.73. The summed E-state index contributed by atoms with van der Waals surface area (Å²) < 4.78 is 1.93. The highest BCUT2D eigenvalue weighted by Crippen LogP contribution is 2.18. The molecule has 4 nitrogen and oxygen atoms in total. The summed E-state index contributed by atoms with van der Waals surface area (Å²) in [5, 5.41) is 12.3. The Balaban J connectivity index is 2.61. The molecule has 4 heteroatoms. The van der Waals surface area contributed by atoms with Crippen molar-refractivity contribution in [3.05, 3.63) is 24.0 Å². The van der Waals surface area contributed by atoms with Gasteiger partial charge in [-0.3, -0.25) is 4.79 Å². The normalized spacial score (nSPS) is 11.7. The largest absolute Gasteiger partial charge is 0.481 e. The van der Waals surface area contributed by atoms with E-state index in [1.54, 1.807) is 13.8 Å². The van der Waals surface area contributed by atoms with E-state index in [1.807, 2.05) is 23.0 Å². The molecule has 0 aliphatic carbocycles. The predicted octanol–water partition coefficient (Wildman–Crippen LogP) is 1.71. The highest BCUT2D eigenvalue weighted by atomic mass is 16.4. The van der Waals surface area contributed by atoms with Crippen LogP contribution in [0, 0.1) is 5.41 Å². The van der Waals surface area contributed by atoms with E-state index in [4.69, 9.17) is 5.11 Å². The molecule has 0 aliphatic heterocycles. The van der Waals surface area contributed by atoms with E-state index in [1.165, 1.54) is 5.56 Å². The Morgan fingerprint density at radius 1 is 1.56 bits per heavy atom. The van der Waals surface area contributed by atoms with Crippen molar-refractivity contribution in [2.75, 3.05) is 6.54 Å². The molecule has 0 saturated carbocycles. The lowest BCUT2D eigenvalue weighted by atomic mass is 9.94. The molecule has 16 heavy (non-hydrogen) atoms. The molecule has 0 aromatic carbocycles. The smallest absolute Gasteiger partial charge is 0.310 e. The topological polar surface area (TPSA) is 54.3 Å². The number of carbonyl (C=O) groups is 1. The Hall–Kier alpha value is -1.29. The molecule has 0 radical (unpaired) electrons. The zero-order valence-electron chi connectivity index (χ0n) is 10.2. The third-order valence-corrected chi connectivity index (χ3v) is 2.55. The van der Waals surface area contributed by atoms with E-state index in [0.717, 1.165) is 13.1 Å². The summed E-state index contributed by atoms with van der Waals surface area (Å²) in [5.74, 6) is -0.769. The summed E-state index contributed by atoms with van der Waals surface area (Å²) in [6, 6.07) is 2.01. The van der Waals surface area contributed by atoms with Crippen LogP contribution in [-0.4, -0.2) is 22.2 Å². The number of nitrogens with zero attached hydrogens (tertiary/aromatic N) is 1. The lowest BCUT2D eigenvalue weighted by Crippen LogP contribution is -2.28. The van der Waals surface area contributed by atoms with Gasteiger partial charge >= 0.3 is 5.97 Å². The van der Waals surface area contributed by atoms with Crippen LogP contribution in [0.2, 0.25) is 0 Å². The summed E-state index contributed by atoms with van der Waals surface area (Å²) in [6.45, 7) is 7.79. The molecule has 90 valence electrons. The van der Waals surface area contributed by atoms with Crippen molar-refractivity contribution in [1.82, 2.24) is 9.88 Å². The number of hydrogen-bond donors (Lipinski definition) is 2. The summed E-state index contributed by atoms with van der Waals surface area (Å²) >= 11 is 0. The maximum atomic E-state index is 11.0. The standard InChI is InChI=1S/C12H20N2O2/c1-4-13-7-10-5-6-14(8-10)9-12(2,3)11(15)16/h5-6,8,13H,4,7,9H2,1-3H3,(H,15,16). The van der Waals surface area contributed by atoms with Gasteiger partial charge in [0.2, 0.25) is 0 Å². The van der Waals surface area contributed by atoms with Crippen molar-refractivity contribution in [2.45, 2.75) is 33.9 Å². The van der Waals surface area contributed by atoms with Crippen molar-refractivity contribution in [3.63, 3.8) is 0 Å². The Morgan fingerprint density at radius 2 is 2.25 bits per heavy atom. The molecule has 0 aliphatic rings. The summed E-state index contributed by atoms with van der Waals surface area (Å²) in [7, 11) is 0. The lowest BCUT2D eigenvalue weighted by molar-refractivity contribution is -0.147. The van der Waals surface area contributed by atoms with Gasteiger partial charge in [-0.1, -0.05) is 6.92 Å². The van der Waals surface area contributed by atoms with Crippen molar-refractivity contribution in [1.29, 1.82) is 0 Å². The fraction of sp³-hybridized carbons (Fsp3) is 0.583. The van der Waals surface area contributed by atoms with Gasteiger partial charge in [-0.15, -0.1) is 0 Å². The molecule has 0 amide bonds. The molecular weight excluding hydrogens is 204 g/mol. The van der Waals surface area contributed by atoms with Gasteiger partial charge in [0, 0.05) is 25.5 Å². The van der Waals surface area contributed by atoms with E-state index in [2.05, 4.69) is 12.2 Å². The first-order valence-corrected chi connectivity index (χ1v) is 5.54. The van der Waals surface area contributed by atoms with Crippen LogP contribution in [-0.2, 0) is 17.9 Å². The SMILES string of the molecule is CCNCc1ccn(CC(C)(C)C(=O)O)c1. The molecule has 0 unspecified atom stereocenters. The van der Waals surface area contributed by atoms with Crippen LogP contribution in [0.1, 0.15) is 26.3 Å². The van der Waals surface area contributed by atoms with Gasteiger partial charge in [0.15, 0.2) is 0 Å². The summed E-state index contributed by atoms with van der Waals surface area (Å²) in [4.78, 5) is 11.0. The molecule has 0 fully saturated rings. The predicted molar refractivity (Wildman–Crippen MR) is 63.2 cm³/mol. The monoisotopic (exact) mass is 224 g/mol. The fourth-order valence-electron chi connectivity index (χ4n) is 1.49. The van der Waals surface area contributed by atoms with Gasteiger partial charge in [0.25, 0.3) is 0 Å². The van der Waals surface area contributed by atoms with Crippen molar-refractivity contribution in [3.8, 4) is 0 Å². The van der Waals surface area contributed by atoms with E-state index < -0.39 is 11.4 Å². The van der Waals surface area contributed by atoms with Crippen molar-refractivity contribution < 1.29 is 9.90 Å². The number of hydrogen-bond acceptors (Lipinski definition) is 2. The van der Waals surface area contributed by atoms with Crippen LogP contribution in [0.4, 0.5) is 0 Å². The maximum absolute atomic E-state index is 11.0. The van der Waals surface area contributed by atoms with Gasteiger partial charge in [0.05, 0.1) is 5.41 Å². The molecule has 0 bridgehead atoms. The second-order valence-electron chi connectivity index (χ2n) is 4.66. The van der Waals surface area contributed by atoms with Gasteiger partial charge in [-0.05, 0) is 32.0 Å². The Morgan fingerprint density at radius 3 is 2.81 bits per heavy atom. The number of aromatic nitrogens is 1. The molecule has 2 N–H and O–H groups in total. The van der Waals surface area contributed by atoms with Gasteiger partial charge in [0.1, 0.15) is 0 Å². The number of carboxylic acid groups (broad SMARTS) is 1. The number of carboxylic acids is 1. The zero-order chi connectivity index (χ0) is 12.2. The average Bonchev–Trinajstić information content (AvgIpc) is 2.61. The van der Waals surface area contributed by atoms with E-state index in [0.29, 0.717) is 6.54 Å². The number of rotatable bonds is 6. The second-order valence-corrected chi connectivity index (χ2v) is 4.66. The van der Waals surface area contributed by atoms with Crippen molar-refractivity contribution >= 4 is 5.97 Å². The first kappa shape index (κ1) is 12.8. The Bertz CT molecular complexity index is 356. The average molecular weight is 224 g/mol. The molecule has 0 spiro atoms. The van der Waals surface area contributed by atoms with Crippen LogP contribution >= 0.6 is 0 Å². The Kier molecular flexibility index (Phi) is 4.12. The maximum Gasteiger partial charge on any atom is 0.310 e. The van der Waals surface area contributed by atoms with Gasteiger partial charge in [-0.2, -0.15) is 0 Å². The minimum absolute atomic E-state index is 0.495. The molecule has 1 aromatic rings. The van der Waals surface area contributed by atoms with Crippen LogP contribution in [0.5, 0.6) is 0 Å². The molecule has 1 aromatic heterocycles. The Labute approximate surface area is 96.3 Å². The molecule has 0 atom stereocenters. The quantitative estimate of drug-likeness (QED) is 0.773. The third-order valence-electron chi connectivity index (χ3n) is 2.55. The summed E-state index contributed by atoms with van der Waals surface area (Å²) in [5.41, 5.74) is 0.456. The first-order valence-electron chi connectivity index (χ1n) is 5.54. The second kappa shape index (κ2) is 5.16. The first-order chi connectivity index (χ1) is 7.45. The zero-order valence-corrected chi connectivity index (χ0v) is 10.2. The van der Waals surface area contributed by atoms with Gasteiger partial charge < -0.3 is 15.0 Å². The van der Waals surface area contributed by atoms with Crippen molar-refractivity contribution in [2.24, 2.45) is 5.41 Å². The third kappa shape index (κ3) is 3.38. The minimum atomic E-state index is -0.769. The molecule has 0 saturated heterocycles. The summed E-state index contributed by atoms with van der Waals surface area (Å²) in [6.07, 6.45) is 3.92. The van der Waals surface area contributed by atoms with E-state index in [-0.39, 0.29) is 0 Å².